The van der Waals surface area contributed by atoms with E-state index in [9.17, 15) is 9.30 Å². The molecule has 0 saturated carbocycles. The number of imidazole rings is 1. The summed E-state index contributed by atoms with van der Waals surface area (Å²) < 4.78 is 14.4. The number of fused-ring (bicyclic) bond motifs is 1. The minimum absolute atomic E-state index is 0.143. The highest BCUT2D eigenvalue weighted by Crippen LogP contribution is 2.31. The van der Waals surface area contributed by atoms with Crippen molar-refractivity contribution in [2.45, 2.75) is 0 Å². The maximum atomic E-state index is 12.9. The molecule has 0 atom stereocenters. The fraction of sp³-hybridized carbons (Fsp3) is 0. The molecule has 0 amide bonds. The number of aromatic nitrogens is 2. The average molecular weight is 276 g/mol. The van der Waals surface area contributed by atoms with E-state index in [1.807, 2.05) is 0 Å². The molecular weight excluding hydrogens is 269 g/mol. The van der Waals surface area contributed by atoms with E-state index in [1.54, 1.807) is 30.5 Å². The van der Waals surface area contributed by atoms with Crippen molar-refractivity contribution >= 4 is 23.1 Å². The van der Waals surface area contributed by atoms with Gasteiger partial charge in [0, 0.05) is 11.8 Å². The van der Waals surface area contributed by atoms with Crippen molar-refractivity contribution in [1.29, 1.82) is 0 Å². The molecule has 6 heteroatoms. The molecular formula is C13H7ClFN3O. The van der Waals surface area contributed by atoms with Gasteiger partial charge in [0.15, 0.2) is 0 Å². The number of hydrogen-bond acceptors (Lipinski definition) is 3. The summed E-state index contributed by atoms with van der Waals surface area (Å²) in [6, 6.07) is 9.07. The zero-order valence-corrected chi connectivity index (χ0v) is 10.3. The van der Waals surface area contributed by atoms with E-state index in [0.717, 1.165) is 0 Å². The summed E-state index contributed by atoms with van der Waals surface area (Å²) in [7, 11) is 0. The molecule has 0 aliphatic carbocycles. The lowest BCUT2D eigenvalue weighted by Crippen LogP contribution is -1.82. The van der Waals surface area contributed by atoms with Crippen LogP contribution in [0.1, 0.15) is 0 Å². The summed E-state index contributed by atoms with van der Waals surface area (Å²) in [5.74, 6) is -0.208. The molecule has 0 radical (unpaired) electrons. The van der Waals surface area contributed by atoms with E-state index < -0.39 is 0 Å². The first kappa shape index (κ1) is 11.8. The second-order valence-corrected chi connectivity index (χ2v) is 4.39. The summed E-state index contributed by atoms with van der Waals surface area (Å²) in [6.45, 7) is 0. The molecule has 0 aliphatic heterocycles. The van der Waals surface area contributed by atoms with Crippen LogP contribution in [0.25, 0.3) is 16.9 Å². The zero-order valence-electron chi connectivity index (χ0n) is 9.55. The number of rotatable bonds is 2. The van der Waals surface area contributed by atoms with Crippen LogP contribution in [0.4, 0.5) is 10.2 Å². The third-order valence-electron chi connectivity index (χ3n) is 2.76. The Morgan fingerprint density at radius 3 is 2.58 bits per heavy atom. The fourth-order valence-corrected chi connectivity index (χ4v) is 2.06. The van der Waals surface area contributed by atoms with Gasteiger partial charge in [-0.15, -0.1) is 4.91 Å². The molecule has 0 N–H and O–H groups in total. The van der Waals surface area contributed by atoms with Crippen molar-refractivity contribution in [1.82, 2.24) is 9.38 Å². The van der Waals surface area contributed by atoms with Crippen molar-refractivity contribution < 1.29 is 4.39 Å². The molecule has 3 rings (SSSR count). The molecule has 2 aromatic heterocycles. The largest absolute Gasteiger partial charge is 0.280 e. The number of pyridine rings is 1. The van der Waals surface area contributed by atoms with Crippen LogP contribution in [0, 0.1) is 10.7 Å². The quantitative estimate of drug-likeness (QED) is 0.658. The molecule has 0 saturated heterocycles. The maximum Gasteiger partial charge on any atom is 0.209 e. The van der Waals surface area contributed by atoms with Crippen molar-refractivity contribution in [3.05, 3.63) is 58.3 Å². The lowest BCUT2D eigenvalue weighted by atomic mass is 10.1. The lowest BCUT2D eigenvalue weighted by molar-refractivity contribution is 0.628. The van der Waals surface area contributed by atoms with E-state index in [1.165, 1.54) is 16.5 Å². The van der Waals surface area contributed by atoms with Crippen LogP contribution < -0.4 is 0 Å². The third-order valence-corrected chi connectivity index (χ3v) is 2.98. The van der Waals surface area contributed by atoms with E-state index in [2.05, 4.69) is 10.2 Å². The summed E-state index contributed by atoms with van der Waals surface area (Å²) in [6.07, 6.45) is 1.56. The van der Waals surface area contributed by atoms with Gasteiger partial charge in [0.25, 0.3) is 0 Å². The Morgan fingerprint density at radius 1 is 1.16 bits per heavy atom. The van der Waals surface area contributed by atoms with Crippen molar-refractivity contribution in [3.63, 3.8) is 0 Å². The Labute approximate surface area is 112 Å². The number of hydrogen-bond donors (Lipinski definition) is 0. The molecule has 0 fully saturated rings. The van der Waals surface area contributed by atoms with Crippen LogP contribution >= 0.6 is 11.6 Å². The van der Waals surface area contributed by atoms with Crippen LogP contribution in [-0.2, 0) is 0 Å². The van der Waals surface area contributed by atoms with Crippen molar-refractivity contribution in [3.8, 4) is 11.3 Å². The summed E-state index contributed by atoms with van der Waals surface area (Å²) in [5.41, 5.74) is 1.58. The first-order chi connectivity index (χ1) is 9.19. The minimum atomic E-state index is -0.351. The Kier molecular flexibility index (Phi) is 2.76. The maximum absolute atomic E-state index is 12.9. The Morgan fingerprint density at radius 2 is 1.89 bits per heavy atom. The van der Waals surface area contributed by atoms with Crippen LogP contribution in [0.5, 0.6) is 0 Å². The van der Waals surface area contributed by atoms with Gasteiger partial charge in [-0.05, 0) is 41.6 Å². The number of nitrogens with zero attached hydrogens (tertiary/aromatic N) is 3. The zero-order chi connectivity index (χ0) is 13.4. The monoisotopic (exact) mass is 275 g/mol. The highest BCUT2D eigenvalue weighted by molar-refractivity contribution is 6.30. The van der Waals surface area contributed by atoms with Gasteiger partial charge in [0.05, 0.1) is 5.02 Å². The molecule has 0 unspecified atom stereocenters. The van der Waals surface area contributed by atoms with Crippen LogP contribution in [0.15, 0.2) is 47.8 Å². The van der Waals surface area contributed by atoms with E-state index in [-0.39, 0.29) is 11.6 Å². The van der Waals surface area contributed by atoms with Crippen molar-refractivity contribution in [2.75, 3.05) is 0 Å². The van der Waals surface area contributed by atoms with Gasteiger partial charge >= 0.3 is 0 Å². The minimum Gasteiger partial charge on any atom is -0.280 e. The molecule has 94 valence electrons. The normalized spacial score (nSPS) is 10.8. The summed E-state index contributed by atoms with van der Waals surface area (Å²) in [5, 5.41) is 3.47. The predicted octanol–water partition coefficient (Wildman–Crippen LogP) is 4.19. The van der Waals surface area contributed by atoms with Crippen LogP contribution in [0.3, 0.4) is 0 Å². The number of nitroso groups, excluding NO2 is 1. The predicted molar refractivity (Wildman–Crippen MR) is 71.1 cm³/mol. The fourth-order valence-electron chi connectivity index (χ4n) is 1.89. The Hall–Kier alpha value is -2.27. The summed E-state index contributed by atoms with van der Waals surface area (Å²) in [4.78, 5) is 15.3. The Bertz CT molecular complexity index is 767. The van der Waals surface area contributed by atoms with Gasteiger partial charge in [-0.2, -0.15) is 0 Å². The van der Waals surface area contributed by atoms with E-state index >= 15 is 0 Å². The highest BCUT2D eigenvalue weighted by Gasteiger charge is 2.14. The van der Waals surface area contributed by atoms with E-state index in [4.69, 9.17) is 11.6 Å². The molecule has 19 heavy (non-hydrogen) atoms. The molecule has 2 heterocycles. The summed E-state index contributed by atoms with van der Waals surface area (Å²) >= 11 is 5.88. The van der Waals surface area contributed by atoms with Gasteiger partial charge < -0.3 is 0 Å². The van der Waals surface area contributed by atoms with Crippen LogP contribution in [-0.4, -0.2) is 9.38 Å². The molecule has 1 aromatic carbocycles. The van der Waals surface area contributed by atoms with Gasteiger partial charge in [-0.1, -0.05) is 11.6 Å². The first-order valence-corrected chi connectivity index (χ1v) is 5.84. The average Bonchev–Trinajstić information content (AvgIpc) is 2.77. The molecule has 0 aliphatic rings. The second kappa shape index (κ2) is 4.44. The van der Waals surface area contributed by atoms with Crippen molar-refractivity contribution in [2.24, 2.45) is 5.18 Å². The number of benzene rings is 1. The first-order valence-electron chi connectivity index (χ1n) is 5.46. The molecule has 0 spiro atoms. The van der Waals surface area contributed by atoms with Crippen LogP contribution in [0.2, 0.25) is 5.02 Å². The van der Waals surface area contributed by atoms with Gasteiger partial charge in [-0.25, -0.2) is 9.37 Å². The lowest BCUT2D eigenvalue weighted by Gasteiger charge is -1.97. The second-order valence-electron chi connectivity index (χ2n) is 3.96. The Balaban J connectivity index is 2.28. The highest BCUT2D eigenvalue weighted by atomic mass is 35.5. The van der Waals surface area contributed by atoms with Gasteiger partial charge in [0.1, 0.15) is 17.2 Å². The smallest absolute Gasteiger partial charge is 0.209 e. The third kappa shape index (κ3) is 1.98. The van der Waals surface area contributed by atoms with Gasteiger partial charge in [0.2, 0.25) is 5.82 Å². The standard InChI is InChI=1S/C13H7ClFN3O/c14-9-3-6-11-16-12(13(17-19)18(11)7-9)8-1-4-10(15)5-2-8/h1-7H. The topological polar surface area (TPSA) is 46.7 Å². The molecule has 4 nitrogen and oxygen atoms in total. The van der Waals surface area contributed by atoms with E-state index in [0.29, 0.717) is 21.9 Å². The van der Waals surface area contributed by atoms with Gasteiger partial charge in [-0.3, -0.25) is 4.40 Å². The molecule has 3 aromatic rings. The number of halogens is 2. The molecule has 0 bridgehead atoms. The SMILES string of the molecule is O=Nc1c(-c2ccc(F)cc2)nc2ccc(Cl)cn12.